The Morgan fingerprint density at radius 2 is 2.16 bits per heavy atom. The fourth-order valence-corrected chi connectivity index (χ4v) is 2.97. The topological polar surface area (TPSA) is 110 Å². The standard InChI is InChI=1S/C11H13BrN2O4S/c1-7(16)11(6-15)14-19(17,18)9-2-3-10(12)8(4-9)5-13/h2-4,7,11,14-16H,6H2,1H3/t7-,11+/m1/s1. The lowest BCUT2D eigenvalue weighted by Crippen LogP contribution is -2.44. The molecule has 19 heavy (non-hydrogen) atoms. The molecule has 104 valence electrons. The summed E-state index contributed by atoms with van der Waals surface area (Å²) in [7, 11) is -3.91. The third kappa shape index (κ3) is 3.99. The quantitative estimate of drug-likeness (QED) is 0.710. The number of rotatable bonds is 5. The maximum Gasteiger partial charge on any atom is 0.241 e. The Morgan fingerprint density at radius 3 is 2.63 bits per heavy atom. The molecule has 0 fully saturated rings. The number of benzene rings is 1. The zero-order valence-corrected chi connectivity index (χ0v) is 12.4. The van der Waals surface area contributed by atoms with E-state index in [0.29, 0.717) is 4.47 Å². The summed E-state index contributed by atoms with van der Waals surface area (Å²) < 4.78 is 26.7. The zero-order valence-electron chi connectivity index (χ0n) is 10.0. The molecule has 0 saturated carbocycles. The number of aliphatic hydroxyl groups is 2. The predicted octanol–water partition coefficient (Wildman–Crippen LogP) is 0.341. The van der Waals surface area contributed by atoms with Crippen molar-refractivity contribution < 1.29 is 18.6 Å². The van der Waals surface area contributed by atoms with E-state index >= 15 is 0 Å². The van der Waals surface area contributed by atoms with Crippen LogP contribution in [0, 0.1) is 11.3 Å². The Kier molecular flexibility index (Phi) is 5.46. The fraction of sp³-hybridized carbons (Fsp3) is 0.364. The molecule has 0 aliphatic carbocycles. The second kappa shape index (κ2) is 6.45. The van der Waals surface area contributed by atoms with Crippen LogP contribution in [0.25, 0.3) is 0 Å². The van der Waals surface area contributed by atoms with Crippen molar-refractivity contribution in [3.05, 3.63) is 28.2 Å². The van der Waals surface area contributed by atoms with Crippen LogP contribution >= 0.6 is 15.9 Å². The van der Waals surface area contributed by atoms with Crippen LogP contribution in [0.3, 0.4) is 0 Å². The number of nitrogens with zero attached hydrogens (tertiary/aromatic N) is 1. The van der Waals surface area contributed by atoms with Gasteiger partial charge in [-0.25, -0.2) is 13.1 Å². The third-order valence-electron chi connectivity index (χ3n) is 2.45. The van der Waals surface area contributed by atoms with E-state index in [1.165, 1.54) is 25.1 Å². The van der Waals surface area contributed by atoms with E-state index in [4.69, 9.17) is 10.4 Å². The van der Waals surface area contributed by atoms with Gasteiger partial charge in [0.25, 0.3) is 0 Å². The molecule has 3 N–H and O–H groups in total. The molecule has 0 aliphatic rings. The van der Waals surface area contributed by atoms with Crippen LogP contribution < -0.4 is 4.72 Å². The predicted molar refractivity (Wildman–Crippen MR) is 71.7 cm³/mol. The van der Waals surface area contributed by atoms with Gasteiger partial charge in [0, 0.05) is 4.47 Å². The van der Waals surface area contributed by atoms with Gasteiger partial charge in [0.1, 0.15) is 6.07 Å². The van der Waals surface area contributed by atoms with Crippen molar-refractivity contribution in [3.8, 4) is 6.07 Å². The highest BCUT2D eigenvalue weighted by Gasteiger charge is 2.23. The summed E-state index contributed by atoms with van der Waals surface area (Å²) in [5.41, 5.74) is 0.181. The molecule has 1 aromatic rings. The molecule has 0 aromatic heterocycles. The van der Waals surface area contributed by atoms with E-state index < -0.39 is 28.8 Å². The average Bonchev–Trinajstić information content (AvgIpc) is 2.36. The normalized spacial score (nSPS) is 14.7. The Labute approximate surface area is 119 Å². The second-order valence-corrected chi connectivity index (χ2v) is 6.47. The van der Waals surface area contributed by atoms with Crippen LogP contribution in [0.1, 0.15) is 12.5 Å². The van der Waals surface area contributed by atoms with Gasteiger partial charge in [0.15, 0.2) is 0 Å². The molecule has 0 aliphatic heterocycles. The molecule has 0 heterocycles. The van der Waals surface area contributed by atoms with E-state index in [2.05, 4.69) is 20.7 Å². The van der Waals surface area contributed by atoms with Crippen LogP contribution in [0.15, 0.2) is 27.6 Å². The molecule has 0 spiro atoms. The Balaban J connectivity index is 3.11. The van der Waals surface area contributed by atoms with Crippen molar-refractivity contribution in [2.45, 2.75) is 24.0 Å². The number of nitriles is 1. The van der Waals surface area contributed by atoms with E-state index in [-0.39, 0.29) is 10.5 Å². The summed E-state index contributed by atoms with van der Waals surface area (Å²) in [6.07, 6.45) is -1.04. The molecule has 0 radical (unpaired) electrons. The Bertz CT molecular complexity index is 595. The molecule has 2 atom stereocenters. The number of sulfonamides is 1. The molecular weight excluding hydrogens is 336 g/mol. The van der Waals surface area contributed by atoms with Crippen LogP contribution in [0.5, 0.6) is 0 Å². The lowest BCUT2D eigenvalue weighted by Gasteiger charge is -2.19. The summed E-state index contributed by atoms with van der Waals surface area (Å²) in [5, 5.41) is 27.2. The maximum absolute atomic E-state index is 12.0. The minimum atomic E-state index is -3.91. The van der Waals surface area contributed by atoms with Gasteiger partial charge < -0.3 is 10.2 Å². The number of hydrogen-bond acceptors (Lipinski definition) is 5. The van der Waals surface area contributed by atoms with Gasteiger partial charge in [-0.05, 0) is 41.1 Å². The largest absolute Gasteiger partial charge is 0.395 e. The minimum absolute atomic E-state index is 0.105. The van der Waals surface area contributed by atoms with Crippen molar-refractivity contribution in [1.82, 2.24) is 4.72 Å². The summed E-state index contributed by atoms with van der Waals surface area (Å²) in [4.78, 5) is -0.105. The van der Waals surface area contributed by atoms with Crippen LogP contribution in [-0.4, -0.2) is 37.4 Å². The molecule has 0 amide bonds. The summed E-state index contributed by atoms with van der Waals surface area (Å²) in [6.45, 7) is 0.838. The monoisotopic (exact) mass is 348 g/mol. The fourth-order valence-electron chi connectivity index (χ4n) is 1.31. The van der Waals surface area contributed by atoms with Crippen LogP contribution in [0.4, 0.5) is 0 Å². The second-order valence-electron chi connectivity index (χ2n) is 3.90. The molecule has 0 saturated heterocycles. The van der Waals surface area contributed by atoms with Gasteiger partial charge in [-0.1, -0.05) is 0 Å². The van der Waals surface area contributed by atoms with Gasteiger partial charge in [-0.15, -0.1) is 0 Å². The van der Waals surface area contributed by atoms with Crippen LogP contribution in [0.2, 0.25) is 0 Å². The molecule has 8 heteroatoms. The molecule has 1 aromatic carbocycles. The first-order valence-electron chi connectivity index (χ1n) is 5.32. The minimum Gasteiger partial charge on any atom is -0.395 e. The third-order valence-corrected chi connectivity index (χ3v) is 4.63. The van der Waals surface area contributed by atoms with Crippen molar-refractivity contribution in [2.75, 3.05) is 6.61 Å². The maximum atomic E-state index is 12.0. The van der Waals surface area contributed by atoms with E-state index in [1.54, 1.807) is 0 Å². The van der Waals surface area contributed by atoms with Crippen molar-refractivity contribution >= 4 is 26.0 Å². The first-order chi connectivity index (χ1) is 8.81. The summed E-state index contributed by atoms with van der Waals surface area (Å²) >= 11 is 3.13. The van der Waals surface area contributed by atoms with E-state index in [1.807, 2.05) is 6.07 Å². The molecule has 6 nitrogen and oxygen atoms in total. The molecular formula is C11H13BrN2O4S. The number of hydrogen-bond donors (Lipinski definition) is 3. The highest BCUT2D eigenvalue weighted by molar-refractivity contribution is 9.10. The highest BCUT2D eigenvalue weighted by atomic mass is 79.9. The van der Waals surface area contributed by atoms with Crippen molar-refractivity contribution in [3.63, 3.8) is 0 Å². The first kappa shape index (κ1) is 16.1. The summed E-state index contributed by atoms with van der Waals surface area (Å²) in [5.74, 6) is 0. The van der Waals surface area contributed by atoms with Gasteiger partial charge in [0.2, 0.25) is 10.0 Å². The first-order valence-corrected chi connectivity index (χ1v) is 7.60. The zero-order chi connectivity index (χ0) is 14.6. The van der Waals surface area contributed by atoms with Crippen molar-refractivity contribution in [2.24, 2.45) is 0 Å². The van der Waals surface area contributed by atoms with Crippen LogP contribution in [-0.2, 0) is 10.0 Å². The van der Waals surface area contributed by atoms with Gasteiger partial charge in [-0.3, -0.25) is 0 Å². The van der Waals surface area contributed by atoms with E-state index in [9.17, 15) is 13.5 Å². The average molecular weight is 349 g/mol. The SMILES string of the molecule is C[C@@H](O)[C@H](CO)NS(=O)(=O)c1ccc(Br)c(C#N)c1. The van der Waals surface area contributed by atoms with E-state index in [0.717, 1.165) is 0 Å². The summed E-state index contributed by atoms with van der Waals surface area (Å²) in [6, 6.07) is 4.84. The number of nitrogens with one attached hydrogen (secondary N) is 1. The molecule has 1 rings (SSSR count). The lowest BCUT2D eigenvalue weighted by molar-refractivity contribution is 0.115. The smallest absolute Gasteiger partial charge is 0.241 e. The number of aliphatic hydroxyl groups excluding tert-OH is 2. The van der Waals surface area contributed by atoms with Crippen molar-refractivity contribution in [1.29, 1.82) is 5.26 Å². The number of halogens is 1. The van der Waals surface area contributed by atoms with Gasteiger partial charge in [-0.2, -0.15) is 5.26 Å². The lowest BCUT2D eigenvalue weighted by atomic mass is 10.2. The van der Waals surface area contributed by atoms with Gasteiger partial charge >= 0.3 is 0 Å². The Hall–Kier alpha value is -0.980. The molecule has 0 bridgehead atoms. The molecule has 0 unspecified atom stereocenters. The highest BCUT2D eigenvalue weighted by Crippen LogP contribution is 2.20. The Morgan fingerprint density at radius 1 is 1.53 bits per heavy atom. The van der Waals surface area contributed by atoms with Gasteiger partial charge in [0.05, 0.1) is 29.2 Å².